The molecule has 0 atom stereocenters. The van der Waals surface area contributed by atoms with Gasteiger partial charge < -0.3 is 10.1 Å². The number of nitrogens with one attached hydrogen (secondary N) is 1. The number of methoxy groups -OCH3 is 1. The maximum absolute atomic E-state index is 12.6. The van der Waals surface area contributed by atoms with E-state index in [1.54, 1.807) is 40.2 Å². The van der Waals surface area contributed by atoms with Crippen molar-refractivity contribution in [3.63, 3.8) is 0 Å². The Morgan fingerprint density at radius 3 is 2.56 bits per heavy atom. The summed E-state index contributed by atoms with van der Waals surface area (Å²) >= 11 is 0. The number of hydrogen-bond acceptors (Lipinski definition) is 6. The molecule has 0 saturated heterocycles. The molecule has 0 saturated carbocycles. The molecule has 9 nitrogen and oxygen atoms in total. The fourth-order valence-electron chi connectivity index (χ4n) is 2.55. The number of ether oxygens (including phenoxy) is 1. The molecular weight excluding hydrogens is 346 g/mol. The topological polar surface area (TPSA) is 99.8 Å². The Bertz CT molecular complexity index is 1060. The number of carbonyl (C=O) groups is 1. The first-order valence-corrected chi connectivity index (χ1v) is 8.07. The van der Waals surface area contributed by atoms with Gasteiger partial charge in [-0.1, -0.05) is 23.4 Å². The summed E-state index contributed by atoms with van der Waals surface area (Å²) in [6.45, 7) is 0. The van der Waals surface area contributed by atoms with Gasteiger partial charge in [-0.3, -0.25) is 9.36 Å². The van der Waals surface area contributed by atoms with Crippen LogP contribution in [0.3, 0.4) is 0 Å². The molecule has 4 rings (SSSR count). The average molecular weight is 361 g/mol. The lowest BCUT2D eigenvalue weighted by molar-refractivity contribution is 0.102. The van der Waals surface area contributed by atoms with Crippen molar-refractivity contribution in [2.24, 2.45) is 0 Å². The lowest BCUT2D eigenvalue weighted by Crippen LogP contribution is -2.13. The minimum atomic E-state index is -0.392. The van der Waals surface area contributed by atoms with Crippen molar-refractivity contribution in [2.75, 3.05) is 12.4 Å². The molecule has 27 heavy (non-hydrogen) atoms. The zero-order valence-electron chi connectivity index (χ0n) is 14.4. The molecule has 0 aliphatic rings. The molecule has 0 unspecified atom stereocenters. The highest BCUT2D eigenvalue weighted by molar-refractivity contribution is 6.03. The normalized spacial score (nSPS) is 10.6. The minimum absolute atomic E-state index is 0.190. The number of para-hydroxylation sites is 1. The maximum Gasteiger partial charge on any atom is 0.277 e. The van der Waals surface area contributed by atoms with Gasteiger partial charge in [0.25, 0.3) is 5.91 Å². The number of nitrogens with zero attached hydrogens (tertiary/aromatic N) is 6. The second-order valence-electron chi connectivity index (χ2n) is 5.59. The van der Waals surface area contributed by atoms with E-state index < -0.39 is 5.91 Å². The zero-order chi connectivity index (χ0) is 18.6. The molecule has 0 aliphatic carbocycles. The first kappa shape index (κ1) is 16.5. The van der Waals surface area contributed by atoms with Crippen molar-refractivity contribution in [3.8, 4) is 17.1 Å². The second-order valence-corrected chi connectivity index (χ2v) is 5.59. The Labute approximate surface area is 154 Å². The molecule has 1 N–H and O–H groups in total. The van der Waals surface area contributed by atoms with E-state index in [9.17, 15) is 4.79 Å². The Morgan fingerprint density at radius 1 is 1.04 bits per heavy atom. The van der Waals surface area contributed by atoms with Gasteiger partial charge in [0.1, 0.15) is 18.4 Å². The van der Waals surface area contributed by atoms with Crippen molar-refractivity contribution in [3.05, 3.63) is 73.1 Å². The lowest BCUT2D eigenvalue weighted by atomic mass is 10.2. The van der Waals surface area contributed by atoms with Gasteiger partial charge in [-0.2, -0.15) is 0 Å². The summed E-state index contributed by atoms with van der Waals surface area (Å²) in [5, 5.41) is 18.3. The number of rotatable bonds is 5. The molecule has 0 fully saturated rings. The number of hydrogen-bond donors (Lipinski definition) is 1. The maximum atomic E-state index is 12.6. The van der Waals surface area contributed by atoms with E-state index in [4.69, 9.17) is 4.74 Å². The molecule has 134 valence electrons. The van der Waals surface area contributed by atoms with Gasteiger partial charge in [-0.15, -0.1) is 15.3 Å². The summed E-state index contributed by atoms with van der Waals surface area (Å²) < 4.78 is 8.60. The summed E-state index contributed by atoms with van der Waals surface area (Å²) in [5.41, 5.74) is 2.29. The summed E-state index contributed by atoms with van der Waals surface area (Å²) in [4.78, 5) is 12.6. The first-order chi connectivity index (χ1) is 13.2. The van der Waals surface area contributed by atoms with Crippen LogP contribution in [0.4, 0.5) is 5.69 Å². The number of aromatic nitrogens is 6. The van der Waals surface area contributed by atoms with Crippen molar-refractivity contribution in [2.45, 2.75) is 0 Å². The van der Waals surface area contributed by atoms with Crippen LogP contribution in [0.5, 0.6) is 5.75 Å². The molecule has 2 heterocycles. The van der Waals surface area contributed by atoms with E-state index in [0.29, 0.717) is 11.4 Å². The monoisotopic (exact) mass is 361 g/mol. The van der Waals surface area contributed by atoms with E-state index >= 15 is 0 Å². The molecule has 9 heteroatoms. The highest BCUT2D eigenvalue weighted by Gasteiger charge is 2.15. The predicted molar refractivity (Wildman–Crippen MR) is 97.2 cm³/mol. The largest absolute Gasteiger partial charge is 0.495 e. The third kappa shape index (κ3) is 3.38. The van der Waals surface area contributed by atoms with Gasteiger partial charge in [0.2, 0.25) is 0 Å². The summed E-state index contributed by atoms with van der Waals surface area (Å²) in [6, 6.07) is 14.8. The smallest absolute Gasteiger partial charge is 0.277 e. The molecule has 1 amide bonds. The number of carbonyl (C=O) groups excluding carboxylic acids is 1. The van der Waals surface area contributed by atoms with Crippen molar-refractivity contribution in [1.29, 1.82) is 0 Å². The standard InChI is InChI=1S/C18H15N7O2/c1-27-17-8-7-14(24-11-19-20-12-24)9-15(17)21-18(26)16-10-25(23-22-16)13-5-3-2-4-6-13/h2-12H,1H3,(H,21,26). The molecule has 0 bridgehead atoms. The highest BCUT2D eigenvalue weighted by atomic mass is 16.5. The van der Waals surface area contributed by atoms with E-state index in [1.165, 1.54) is 7.11 Å². The summed E-state index contributed by atoms with van der Waals surface area (Å²) in [6.07, 6.45) is 4.71. The lowest BCUT2D eigenvalue weighted by Gasteiger charge is -2.11. The van der Waals surface area contributed by atoms with E-state index in [0.717, 1.165) is 11.4 Å². The van der Waals surface area contributed by atoms with E-state index in [-0.39, 0.29) is 5.69 Å². The Balaban J connectivity index is 1.59. The van der Waals surface area contributed by atoms with Gasteiger partial charge in [0.05, 0.1) is 30.4 Å². The van der Waals surface area contributed by atoms with Crippen LogP contribution in [0.15, 0.2) is 67.4 Å². The van der Waals surface area contributed by atoms with Gasteiger partial charge in [-0.05, 0) is 30.3 Å². The molecule has 0 spiro atoms. The van der Waals surface area contributed by atoms with Crippen LogP contribution in [-0.4, -0.2) is 42.8 Å². The second kappa shape index (κ2) is 7.08. The number of anilines is 1. The van der Waals surface area contributed by atoms with Gasteiger partial charge in [0.15, 0.2) is 5.69 Å². The van der Waals surface area contributed by atoms with Crippen LogP contribution < -0.4 is 10.1 Å². The first-order valence-electron chi connectivity index (χ1n) is 8.07. The van der Waals surface area contributed by atoms with Gasteiger partial charge >= 0.3 is 0 Å². The van der Waals surface area contributed by atoms with Gasteiger partial charge in [-0.25, -0.2) is 4.68 Å². The Kier molecular flexibility index (Phi) is 4.32. The molecule has 2 aromatic heterocycles. The molecule has 2 aromatic carbocycles. The van der Waals surface area contributed by atoms with E-state index in [1.807, 2.05) is 36.4 Å². The number of benzene rings is 2. The zero-order valence-corrected chi connectivity index (χ0v) is 14.4. The van der Waals surface area contributed by atoms with Gasteiger partial charge in [0, 0.05) is 0 Å². The van der Waals surface area contributed by atoms with Crippen molar-refractivity contribution >= 4 is 11.6 Å². The fourth-order valence-corrected chi connectivity index (χ4v) is 2.55. The van der Waals surface area contributed by atoms with Crippen LogP contribution in [0.2, 0.25) is 0 Å². The van der Waals surface area contributed by atoms with Crippen LogP contribution in [-0.2, 0) is 0 Å². The fraction of sp³-hybridized carbons (Fsp3) is 0.0556. The highest BCUT2D eigenvalue weighted by Crippen LogP contribution is 2.27. The molecule has 0 aliphatic heterocycles. The van der Waals surface area contributed by atoms with Crippen LogP contribution in [0, 0.1) is 0 Å². The average Bonchev–Trinajstić information content (AvgIpc) is 3.41. The van der Waals surface area contributed by atoms with Crippen LogP contribution >= 0.6 is 0 Å². The predicted octanol–water partition coefficient (Wildman–Crippen LogP) is 2.11. The third-order valence-electron chi connectivity index (χ3n) is 3.89. The molecule has 0 radical (unpaired) electrons. The van der Waals surface area contributed by atoms with Crippen molar-refractivity contribution < 1.29 is 9.53 Å². The van der Waals surface area contributed by atoms with Crippen LogP contribution in [0.25, 0.3) is 11.4 Å². The number of amides is 1. The van der Waals surface area contributed by atoms with Crippen molar-refractivity contribution in [1.82, 2.24) is 29.8 Å². The van der Waals surface area contributed by atoms with Crippen LogP contribution in [0.1, 0.15) is 10.5 Å². The minimum Gasteiger partial charge on any atom is -0.495 e. The Morgan fingerprint density at radius 2 is 1.81 bits per heavy atom. The Hall–Kier alpha value is -4.01. The molecular formula is C18H15N7O2. The SMILES string of the molecule is COc1ccc(-n2cnnc2)cc1NC(=O)c1cn(-c2ccccc2)nn1. The van der Waals surface area contributed by atoms with E-state index in [2.05, 4.69) is 25.8 Å². The summed E-state index contributed by atoms with van der Waals surface area (Å²) in [7, 11) is 1.54. The quantitative estimate of drug-likeness (QED) is 0.584. The summed E-state index contributed by atoms with van der Waals surface area (Å²) in [5.74, 6) is 0.131. The third-order valence-corrected chi connectivity index (χ3v) is 3.89. The molecule has 4 aromatic rings.